The Hall–Kier alpha value is -1.27. The second kappa shape index (κ2) is 3.63. The van der Waals surface area contributed by atoms with E-state index in [9.17, 15) is 0 Å². The smallest absolute Gasteiger partial charge is 0.0625 e. The van der Waals surface area contributed by atoms with Crippen LogP contribution in [0.4, 0.5) is 0 Å². The van der Waals surface area contributed by atoms with Gasteiger partial charge in [0.25, 0.3) is 0 Å². The molecule has 0 saturated carbocycles. The standard InChI is InChI=1S/C11H16N2/c1-6-8(2)7-11-9(3)10(4)12-13(11)5/h1,7H2,2-5H3. The Morgan fingerprint density at radius 1 is 1.54 bits per heavy atom. The Bertz CT molecular complexity index is 366. The fourth-order valence-electron chi connectivity index (χ4n) is 1.37. The first-order chi connectivity index (χ1) is 6.06. The average Bonchev–Trinajstić information content (AvgIpc) is 2.32. The van der Waals surface area contributed by atoms with Crippen LogP contribution in [0.3, 0.4) is 0 Å². The number of hydrogen-bond acceptors (Lipinski definition) is 1. The Morgan fingerprint density at radius 3 is 2.54 bits per heavy atom. The molecule has 0 unspecified atom stereocenters. The Labute approximate surface area is 79.6 Å². The molecule has 0 saturated heterocycles. The maximum absolute atomic E-state index is 4.35. The molecule has 0 spiro atoms. The van der Waals surface area contributed by atoms with E-state index in [0.29, 0.717) is 0 Å². The van der Waals surface area contributed by atoms with Crippen LogP contribution in [0.5, 0.6) is 0 Å². The van der Waals surface area contributed by atoms with Crippen LogP contribution in [0.25, 0.3) is 0 Å². The summed E-state index contributed by atoms with van der Waals surface area (Å²) in [4.78, 5) is 0. The normalized spacial score (nSPS) is 9.85. The molecule has 70 valence electrons. The van der Waals surface area contributed by atoms with Gasteiger partial charge in [-0.2, -0.15) is 5.10 Å². The Balaban J connectivity index is 3.07. The van der Waals surface area contributed by atoms with Crippen LogP contribution in [0.2, 0.25) is 0 Å². The molecule has 2 nitrogen and oxygen atoms in total. The molecule has 1 aromatic heterocycles. The first-order valence-corrected chi connectivity index (χ1v) is 4.41. The minimum Gasteiger partial charge on any atom is -0.272 e. The summed E-state index contributed by atoms with van der Waals surface area (Å²) in [6.45, 7) is 9.81. The lowest BCUT2D eigenvalue weighted by atomic mass is 10.1. The van der Waals surface area contributed by atoms with Crippen LogP contribution in [0.15, 0.2) is 17.9 Å². The summed E-state index contributed by atoms with van der Waals surface area (Å²) in [5.41, 5.74) is 7.70. The van der Waals surface area contributed by atoms with Gasteiger partial charge in [0.1, 0.15) is 0 Å². The summed E-state index contributed by atoms with van der Waals surface area (Å²) >= 11 is 0. The van der Waals surface area contributed by atoms with Crippen molar-refractivity contribution in [1.82, 2.24) is 9.78 Å². The molecule has 0 aliphatic heterocycles. The summed E-state index contributed by atoms with van der Waals surface area (Å²) in [5.74, 6) is 0. The molecule has 0 amide bonds. The molecule has 0 aliphatic rings. The quantitative estimate of drug-likeness (QED) is 0.632. The molecule has 0 atom stereocenters. The van der Waals surface area contributed by atoms with Gasteiger partial charge >= 0.3 is 0 Å². The third-order valence-electron chi connectivity index (χ3n) is 2.40. The highest BCUT2D eigenvalue weighted by atomic mass is 15.3. The highest BCUT2D eigenvalue weighted by molar-refractivity contribution is 5.26. The fourth-order valence-corrected chi connectivity index (χ4v) is 1.37. The highest BCUT2D eigenvalue weighted by Crippen LogP contribution is 2.14. The lowest BCUT2D eigenvalue weighted by Gasteiger charge is -2.01. The van der Waals surface area contributed by atoms with E-state index in [0.717, 1.165) is 17.7 Å². The van der Waals surface area contributed by atoms with Crippen molar-refractivity contribution in [3.63, 3.8) is 0 Å². The molecule has 0 N–H and O–H groups in total. The molecular weight excluding hydrogens is 160 g/mol. The molecular formula is C11H16N2. The summed E-state index contributed by atoms with van der Waals surface area (Å²) < 4.78 is 1.94. The molecule has 0 aliphatic carbocycles. The third-order valence-corrected chi connectivity index (χ3v) is 2.40. The maximum Gasteiger partial charge on any atom is 0.0625 e. The molecule has 13 heavy (non-hydrogen) atoms. The molecule has 0 bridgehead atoms. The van der Waals surface area contributed by atoms with Crippen LogP contribution in [-0.4, -0.2) is 9.78 Å². The number of rotatable bonds is 2. The first kappa shape index (κ1) is 9.82. The zero-order valence-electron chi connectivity index (χ0n) is 8.81. The predicted octanol–water partition coefficient (Wildman–Crippen LogP) is 2.31. The molecule has 1 rings (SSSR count). The van der Waals surface area contributed by atoms with Gasteiger partial charge in [0.2, 0.25) is 0 Å². The van der Waals surface area contributed by atoms with Gasteiger partial charge in [0.05, 0.1) is 5.69 Å². The largest absolute Gasteiger partial charge is 0.272 e. The molecule has 0 aromatic carbocycles. The second-order valence-electron chi connectivity index (χ2n) is 3.41. The molecule has 1 aromatic rings. The summed E-state index contributed by atoms with van der Waals surface area (Å²) in [7, 11) is 1.98. The van der Waals surface area contributed by atoms with Crippen LogP contribution in [0.1, 0.15) is 23.9 Å². The van der Waals surface area contributed by atoms with E-state index in [1.807, 2.05) is 25.6 Å². The molecule has 0 fully saturated rings. The molecule has 2 heteroatoms. The number of aromatic nitrogens is 2. The van der Waals surface area contributed by atoms with Gasteiger partial charge in [-0.3, -0.25) is 4.68 Å². The zero-order valence-corrected chi connectivity index (χ0v) is 8.81. The number of aryl methyl sites for hydroxylation is 2. The van der Waals surface area contributed by atoms with Crippen molar-refractivity contribution < 1.29 is 0 Å². The van der Waals surface area contributed by atoms with Crippen LogP contribution in [0, 0.1) is 13.8 Å². The van der Waals surface area contributed by atoms with E-state index < -0.39 is 0 Å². The summed E-state index contributed by atoms with van der Waals surface area (Å²) in [5, 5.41) is 4.35. The van der Waals surface area contributed by atoms with Gasteiger partial charge in [-0.25, -0.2) is 0 Å². The first-order valence-electron chi connectivity index (χ1n) is 4.41. The lowest BCUT2D eigenvalue weighted by molar-refractivity contribution is 0.714. The minimum atomic E-state index is 0.896. The van der Waals surface area contributed by atoms with Crippen molar-refractivity contribution in [3.8, 4) is 0 Å². The van der Waals surface area contributed by atoms with E-state index in [2.05, 4.69) is 24.3 Å². The molecule has 1 heterocycles. The Kier molecular flexibility index (Phi) is 2.74. The number of hydrogen-bond donors (Lipinski definition) is 0. The lowest BCUT2D eigenvalue weighted by Crippen LogP contribution is -1.99. The van der Waals surface area contributed by atoms with Crippen molar-refractivity contribution in [3.05, 3.63) is 34.8 Å². The van der Waals surface area contributed by atoms with E-state index in [1.54, 1.807) is 0 Å². The van der Waals surface area contributed by atoms with Crippen molar-refractivity contribution in [2.24, 2.45) is 7.05 Å². The van der Waals surface area contributed by atoms with Crippen molar-refractivity contribution in [1.29, 1.82) is 0 Å². The second-order valence-corrected chi connectivity index (χ2v) is 3.41. The van der Waals surface area contributed by atoms with Gasteiger partial charge in [0, 0.05) is 19.2 Å². The maximum atomic E-state index is 4.35. The van der Waals surface area contributed by atoms with Crippen LogP contribution < -0.4 is 0 Å². The number of allylic oxidation sites excluding steroid dienone is 1. The van der Waals surface area contributed by atoms with Crippen molar-refractivity contribution in [2.75, 3.05) is 0 Å². The summed E-state index contributed by atoms with van der Waals surface area (Å²) in [6, 6.07) is 0. The Morgan fingerprint density at radius 2 is 2.15 bits per heavy atom. The number of nitrogens with zero attached hydrogens (tertiary/aromatic N) is 2. The van der Waals surface area contributed by atoms with Gasteiger partial charge in [-0.05, 0) is 31.9 Å². The van der Waals surface area contributed by atoms with Gasteiger partial charge in [0.15, 0.2) is 0 Å². The minimum absolute atomic E-state index is 0.896. The predicted molar refractivity (Wildman–Crippen MR) is 54.7 cm³/mol. The van der Waals surface area contributed by atoms with E-state index in [1.165, 1.54) is 11.3 Å². The zero-order chi connectivity index (χ0) is 10.0. The third kappa shape index (κ3) is 1.90. The van der Waals surface area contributed by atoms with Gasteiger partial charge in [-0.1, -0.05) is 6.58 Å². The van der Waals surface area contributed by atoms with E-state index in [-0.39, 0.29) is 0 Å². The molecule has 0 radical (unpaired) electrons. The SMILES string of the molecule is C=C=C(C)Cc1c(C)c(C)nn1C. The van der Waals surface area contributed by atoms with Gasteiger partial charge in [-0.15, -0.1) is 5.73 Å². The topological polar surface area (TPSA) is 17.8 Å². The summed E-state index contributed by atoms with van der Waals surface area (Å²) in [6.07, 6.45) is 0.896. The van der Waals surface area contributed by atoms with Crippen LogP contribution >= 0.6 is 0 Å². The fraction of sp³-hybridized carbons (Fsp3) is 0.455. The van der Waals surface area contributed by atoms with Crippen molar-refractivity contribution >= 4 is 0 Å². The van der Waals surface area contributed by atoms with Crippen LogP contribution in [-0.2, 0) is 13.5 Å². The van der Waals surface area contributed by atoms with E-state index in [4.69, 9.17) is 0 Å². The van der Waals surface area contributed by atoms with Gasteiger partial charge < -0.3 is 0 Å². The highest BCUT2D eigenvalue weighted by Gasteiger charge is 2.08. The monoisotopic (exact) mass is 176 g/mol. The van der Waals surface area contributed by atoms with Crippen molar-refractivity contribution in [2.45, 2.75) is 27.2 Å². The average molecular weight is 176 g/mol. The van der Waals surface area contributed by atoms with E-state index >= 15 is 0 Å².